The maximum Gasteiger partial charge on any atom is 0.255 e. The van der Waals surface area contributed by atoms with Gasteiger partial charge in [0.05, 0.1) is 24.0 Å². The van der Waals surface area contributed by atoms with E-state index in [1.165, 1.54) is 0 Å². The number of nitrogens with zero attached hydrogens (tertiary/aromatic N) is 1. The zero-order valence-electron chi connectivity index (χ0n) is 12.5. The van der Waals surface area contributed by atoms with Crippen LogP contribution in [0, 0.1) is 0 Å². The Kier molecular flexibility index (Phi) is 3.66. The Labute approximate surface area is 138 Å². The van der Waals surface area contributed by atoms with Crippen molar-refractivity contribution >= 4 is 37.2 Å². The van der Waals surface area contributed by atoms with E-state index in [0.717, 1.165) is 10.1 Å². The van der Waals surface area contributed by atoms with Gasteiger partial charge in [-0.15, -0.1) is 11.3 Å². The Morgan fingerprint density at radius 1 is 1.30 bits per heavy atom. The molecular weight excluding hydrogens is 334 g/mol. The molecule has 0 spiro atoms. The predicted molar refractivity (Wildman–Crippen MR) is 89.7 cm³/mol. The van der Waals surface area contributed by atoms with Gasteiger partial charge in [0, 0.05) is 28.6 Å². The molecule has 2 aromatic rings. The summed E-state index contributed by atoms with van der Waals surface area (Å²) < 4.78 is 31.0. The number of benzene rings is 1. The van der Waals surface area contributed by atoms with Crippen molar-refractivity contribution in [3.05, 3.63) is 35.2 Å². The molecule has 2 fully saturated rings. The van der Waals surface area contributed by atoms with Crippen LogP contribution in [0.15, 0.2) is 29.6 Å². The van der Waals surface area contributed by atoms with Gasteiger partial charge in [-0.05, 0) is 12.5 Å². The molecule has 2 aliphatic rings. The smallest absolute Gasteiger partial charge is 0.255 e. The van der Waals surface area contributed by atoms with Gasteiger partial charge in [0.25, 0.3) is 5.91 Å². The van der Waals surface area contributed by atoms with Crippen LogP contribution in [0.2, 0.25) is 0 Å². The number of amides is 1. The summed E-state index contributed by atoms with van der Waals surface area (Å²) in [6, 6.07) is 7.54. The summed E-state index contributed by atoms with van der Waals surface area (Å²) in [5.41, 5.74) is 0.676. The summed E-state index contributed by atoms with van der Waals surface area (Å²) in [5.74, 6) is -0.0417. The lowest BCUT2D eigenvalue weighted by atomic mass is 10.0. The first-order valence-corrected chi connectivity index (χ1v) is 10.2. The lowest BCUT2D eigenvalue weighted by molar-refractivity contribution is 0.0295. The zero-order chi connectivity index (χ0) is 16.0. The maximum absolute atomic E-state index is 13.0. The molecule has 5 nitrogen and oxygen atoms in total. The van der Waals surface area contributed by atoms with E-state index < -0.39 is 15.1 Å². The molecular formula is C16H17NO4S2. The van der Waals surface area contributed by atoms with Gasteiger partial charge in [-0.3, -0.25) is 4.79 Å². The van der Waals surface area contributed by atoms with Gasteiger partial charge < -0.3 is 9.64 Å². The highest BCUT2D eigenvalue weighted by atomic mass is 32.2. The molecule has 0 unspecified atom stereocenters. The molecule has 1 amide bonds. The largest absolute Gasteiger partial charge is 0.380 e. The molecule has 0 radical (unpaired) electrons. The molecule has 1 aromatic carbocycles. The van der Waals surface area contributed by atoms with Crippen LogP contribution in [0.3, 0.4) is 0 Å². The highest BCUT2D eigenvalue weighted by Gasteiger charge is 2.45. The van der Waals surface area contributed by atoms with Crippen molar-refractivity contribution < 1.29 is 17.9 Å². The van der Waals surface area contributed by atoms with E-state index in [-0.39, 0.29) is 30.9 Å². The minimum Gasteiger partial charge on any atom is -0.380 e. The molecule has 122 valence electrons. The Morgan fingerprint density at radius 3 is 3.00 bits per heavy atom. The second kappa shape index (κ2) is 5.58. The van der Waals surface area contributed by atoms with Gasteiger partial charge in [-0.25, -0.2) is 8.42 Å². The van der Waals surface area contributed by atoms with Crippen molar-refractivity contribution in [2.45, 2.75) is 17.7 Å². The zero-order valence-corrected chi connectivity index (χ0v) is 14.1. The van der Waals surface area contributed by atoms with E-state index >= 15 is 0 Å². The average Bonchev–Trinajstić information content (AvgIpc) is 2.99. The predicted octanol–water partition coefficient (Wildman–Crippen LogP) is 1.93. The van der Waals surface area contributed by atoms with Gasteiger partial charge in [0.15, 0.2) is 9.84 Å². The van der Waals surface area contributed by atoms with Crippen molar-refractivity contribution in [2.75, 3.05) is 25.5 Å². The summed E-state index contributed by atoms with van der Waals surface area (Å²) in [5, 5.41) is 2.24. The molecule has 2 aliphatic heterocycles. The van der Waals surface area contributed by atoms with Crippen LogP contribution in [0.1, 0.15) is 16.8 Å². The second-order valence-corrected chi connectivity index (χ2v) is 9.23. The number of thiophene rings is 1. The molecule has 4 rings (SSSR count). The summed E-state index contributed by atoms with van der Waals surface area (Å²) in [6.45, 7) is 0.971. The molecule has 0 bridgehead atoms. The number of fused-ring (bicyclic) bond motifs is 2. The summed E-state index contributed by atoms with van der Waals surface area (Å²) in [6.07, 6.45) is 0.581. The van der Waals surface area contributed by atoms with Crippen LogP contribution in [-0.2, 0) is 14.6 Å². The third kappa shape index (κ3) is 2.47. The highest BCUT2D eigenvalue weighted by Crippen LogP contribution is 2.31. The quantitative estimate of drug-likeness (QED) is 0.788. The Hall–Kier alpha value is -1.44. The van der Waals surface area contributed by atoms with E-state index in [0.29, 0.717) is 18.6 Å². The molecule has 7 heteroatoms. The third-order valence-electron chi connectivity index (χ3n) is 4.72. The van der Waals surface area contributed by atoms with Crippen LogP contribution < -0.4 is 0 Å². The first-order valence-electron chi connectivity index (χ1n) is 7.64. The first-order chi connectivity index (χ1) is 11.1. The maximum atomic E-state index is 13.0. The van der Waals surface area contributed by atoms with Gasteiger partial charge in [0.2, 0.25) is 0 Å². The number of ether oxygens (including phenoxy) is 1. The third-order valence-corrected chi connectivity index (χ3v) is 7.81. The minimum atomic E-state index is -3.18. The van der Waals surface area contributed by atoms with E-state index in [1.54, 1.807) is 16.2 Å². The van der Waals surface area contributed by atoms with Crippen LogP contribution in [0.25, 0.3) is 10.1 Å². The Bertz CT molecular complexity index is 858. The van der Waals surface area contributed by atoms with Gasteiger partial charge >= 0.3 is 0 Å². The Morgan fingerprint density at radius 2 is 2.13 bits per heavy atom. The lowest BCUT2D eigenvalue weighted by Gasteiger charge is -2.43. The van der Waals surface area contributed by atoms with Crippen molar-refractivity contribution in [1.29, 1.82) is 0 Å². The molecule has 23 heavy (non-hydrogen) atoms. The van der Waals surface area contributed by atoms with Crippen LogP contribution in [-0.4, -0.2) is 56.0 Å². The standard InChI is InChI=1S/C16H17NO4S2/c18-16(12-10-22-14-4-2-1-3-11(12)14)17-6-8-23(19,20)15-9-21-7-5-13(15)17/h1-4,10,13,15H,5-9H2/t13-,15+/m0/s1. The van der Waals surface area contributed by atoms with Crippen molar-refractivity contribution in [2.24, 2.45) is 0 Å². The summed E-state index contributed by atoms with van der Waals surface area (Å²) in [7, 11) is -3.18. The molecule has 2 atom stereocenters. The van der Waals surface area contributed by atoms with E-state index in [4.69, 9.17) is 4.74 Å². The fraction of sp³-hybridized carbons (Fsp3) is 0.438. The minimum absolute atomic E-state index is 0.0192. The molecule has 0 aliphatic carbocycles. The number of hydrogen-bond acceptors (Lipinski definition) is 5. The lowest BCUT2D eigenvalue weighted by Crippen LogP contribution is -2.60. The number of carbonyl (C=O) groups excluding carboxylic acids is 1. The van der Waals surface area contributed by atoms with Crippen molar-refractivity contribution in [3.8, 4) is 0 Å². The Balaban J connectivity index is 1.71. The fourth-order valence-electron chi connectivity index (χ4n) is 3.49. The van der Waals surface area contributed by atoms with E-state index in [9.17, 15) is 13.2 Å². The molecule has 2 saturated heterocycles. The van der Waals surface area contributed by atoms with Crippen molar-refractivity contribution in [3.63, 3.8) is 0 Å². The van der Waals surface area contributed by atoms with E-state index in [2.05, 4.69) is 0 Å². The molecule has 0 saturated carbocycles. The average molecular weight is 351 g/mol. The summed E-state index contributed by atoms with van der Waals surface area (Å²) in [4.78, 5) is 14.8. The van der Waals surface area contributed by atoms with Crippen molar-refractivity contribution in [1.82, 2.24) is 4.90 Å². The number of rotatable bonds is 1. The number of hydrogen-bond donors (Lipinski definition) is 0. The fourth-order valence-corrected chi connectivity index (χ4v) is 6.25. The molecule has 3 heterocycles. The molecule has 0 N–H and O–H groups in total. The van der Waals surface area contributed by atoms with Crippen LogP contribution >= 0.6 is 11.3 Å². The van der Waals surface area contributed by atoms with Gasteiger partial charge in [0.1, 0.15) is 5.25 Å². The van der Waals surface area contributed by atoms with Gasteiger partial charge in [-0.2, -0.15) is 0 Å². The number of sulfone groups is 1. The van der Waals surface area contributed by atoms with Gasteiger partial charge in [-0.1, -0.05) is 18.2 Å². The van der Waals surface area contributed by atoms with Crippen LogP contribution in [0.4, 0.5) is 0 Å². The second-order valence-electron chi connectivity index (χ2n) is 5.98. The topological polar surface area (TPSA) is 63.7 Å². The SMILES string of the molecule is O=C(c1csc2ccccc12)N1CCS(=O)(=O)[C@@H]2COCC[C@@H]21. The monoisotopic (exact) mass is 351 g/mol. The normalized spacial score (nSPS) is 26.9. The van der Waals surface area contributed by atoms with E-state index in [1.807, 2.05) is 29.6 Å². The summed E-state index contributed by atoms with van der Waals surface area (Å²) >= 11 is 1.54. The highest BCUT2D eigenvalue weighted by molar-refractivity contribution is 7.92. The van der Waals surface area contributed by atoms with Crippen LogP contribution in [0.5, 0.6) is 0 Å². The molecule has 1 aromatic heterocycles. The number of carbonyl (C=O) groups is 1. The first kappa shape index (κ1) is 15.1.